The number of halogens is 2. The largest absolute Gasteiger partial charge is 0.307 e. The van der Waals surface area contributed by atoms with Gasteiger partial charge in [-0.15, -0.1) is 0 Å². The summed E-state index contributed by atoms with van der Waals surface area (Å²) < 4.78 is 14.8. The normalized spacial score (nSPS) is 10.5. The molecular formula is C10H7ClFNOS. The van der Waals surface area contributed by atoms with Crippen LogP contribution in [0.1, 0.15) is 5.56 Å². The van der Waals surface area contributed by atoms with Gasteiger partial charge in [0.2, 0.25) is 0 Å². The molecule has 1 heterocycles. The van der Waals surface area contributed by atoms with Crippen LogP contribution >= 0.6 is 22.9 Å². The summed E-state index contributed by atoms with van der Waals surface area (Å²) in [4.78, 5) is 11.1. The number of rotatable bonds is 2. The van der Waals surface area contributed by atoms with Crippen molar-refractivity contribution in [2.45, 2.75) is 6.54 Å². The van der Waals surface area contributed by atoms with Gasteiger partial charge in [0.15, 0.2) is 0 Å². The van der Waals surface area contributed by atoms with Crippen LogP contribution < -0.4 is 4.87 Å². The molecule has 0 bridgehead atoms. The number of hydrogen-bond acceptors (Lipinski definition) is 2. The predicted molar refractivity (Wildman–Crippen MR) is 59.1 cm³/mol. The fourth-order valence-electron chi connectivity index (χ4n) is 1.26. The molecule has 0 aliphatic heterocycles. The predicted octanol–water partition coefficient (Wildman–Crippen LogP) is 2.75. The highest BCUT2D eigenvalue weighted by atomic mass is 35.5. The molecule has 0 aliphatic carbocycles. The van der Waals surface area contributed by atoms with Crippen LogP contribution in [0.25, 0.3) is 0 Å². The Bertz CT molecular complexity index is 514. The first-order valence-corrected chi connectivity index (χ1v) is 5.51. The van der Waals surface area contributed by atoms with Crippen molar-refractivity contribution in [3.8, 4) is 0 Å². The summed E-state index contributed by atoms with van der Waals surface area (Å²) in [7, 11) is 0. The SMILES string of the molecule is O=c1sccn1Cc1c(F)cccc1Cl. The molecule has 0 saturated carbocycles. The summed E-state index contributed by atoms with van der Waals surface area (Å²) >= 11 is 6.92. The molecule has 1 aromatic carbocycles. The molecule has 0 atom stereocenters. The second kappa shape index (κ2) is 4.16. The molecule has 78 valence electrons. The van der Waals surface area contributed by atoms with Gasteiger partial charge in [-0.05, 0) is 12.1 Å². The van der Waals surface area contributed by atoms with E-state index in [4.69, 9.17) is 11.6 Å². The minimum Gasteiger partial charge on any atom is -0.301 e. The first-order valence-electron chi connectivity index (χ1n) is 4.25. The first-order chi connectivity index (χ1) is 7.18. The molecule has 0 aliphatic rings. The van der Waals surface area contributed by atoms with Crippen molar-refractivity contribution in [2.24, 2.45) is 0 Å². The topological polar surface area (TPSA) is 22.0 Å². The smallest absolute Gasteiger partial charge is 0.301 e. The summed E-state index contributed by atoms with van der Waals surface area (Å²) in [5.74, 6) is -0.388. The third-order valence-corrected chi connectivity index (χ3v) is 3.08. The number of benzene rings is 1. The maximum absolute atomic E-state index is 13.4. The molecule has 0 unspecified atom stereocenters. The van der Waals surface area contributed by atoms with Crippen molar-refractivity contribution >= 4 is 22.9 Å². The van der Waals surface area contributed by atoms with E-state index in [0.29, 0.717) is 10.6 Å². The second-order valence-electron chi connectivity index (χ2n) is 3.00. The maximum Gasteiger partial charge on any atom is 0.307 e. The molecular weight excluding hydrogens is 237 g/mol. The van der Waals surface area contributed by atoms with Gasteiger partial charge in [-0.1, -0.05) is 29.0 Å². The molecule has 0 fully saturated rings. The summed E-state index contributed by atoms with van der Waals surface area (Å²) in [6.07, 6.45) is 1.62. The second-order valence-corrected chi connectivity index (χ2v) is 4.26. The fraction of sp³-hybridized carbons (Fsp3) is 0.100. The Morgan fingerprint density at radius 3 is 2.87 bits per heavy atom. The molecule has 5 heteroatoms. The van der Waals surface area contributed by atoms with E-state index in [2.05, 4.69) is 0 Å². The van der Waals surface area contributed by atoms with Gasteiger partial charge in [0.1, 0.15) is 5.82 Å². The first kappa shape index (κ1) is 10.4. The van der Waals surface area contributed by atoms with E-state index in [-0.39, 0.29) is 17.2 Å². The highest BCUT2D eigenvalue weighted by Crippen LogP contribution is 2.19. The molecule has 0 radical (unpaired) electrons. The van der Waals surface area contributed by atoms with Crippen LogP contribution in [0.5, 0.6) is 0 Å². The molecule has 1 aromatic heterocycles. The number of nitrogens with zero attached hydrogens (tertiary/aromatic N) is 1. The van der Waals surface area contributed by atoms with Crippen LogP contribution in [-0.2, 0) is 6.54 Å². The van der Waals surface area contributed by atoms with Crippen molar-refractivity contribution in [2.75, 3.05) is 0 Å². The summed E-state index contributed by atoms with van der Waals surface area (Å²) in [6, 6.07) is 4.48. The van der Waals surface area contributed by atoms with Crippen molar-refractivity contribution < 1.29 is 4.39 Å². The van der Waals surface area contributed by atoms with Crippen LogP contribution in [0.4, 0.5) is 4.39 Å². The number of hydrogen-bond donors (Lipinski definition) is 0. The van der Waals surface area contributed by atoms with Gasteiger partial charge in [-0.3, -0.25) is 4.79 Å². The van der Waals surface area contributed by atoms with E-state index >= 15 is 0 Å². The Hall–Kier alpha value is -1.13. The zero-order valence-electron chi connectivity index (χ0n) is 7.61. The van der Waals surface area contributed by atoms with E-state index < -0.39 is 0 Å². The van der Waals surface area contributed by atoms with Crippen molar-refractivity contribution in [3.05, 3.63) is 55.8 Å². The lowest BCUT2D eigenvalue weighted by Gasteiger charge is -2.05. The molecule has 0 N–H and O–H groups in total. The molecule has 0 spiro atoms. The molecule has 15 heavy (non-hydrogen) atoms. The summed E-state index contributed by atoms with van der Waals surface area (Å²) in [6.45, 7) is 0.174. The highest BCUT2D eigenvalue weighted by Gasteiger charge is 2.08. The summed E-state index contributed by atoms with van der Waals surface area (Å²) in [5, 5.41) is 2.00. The van der Waals surface area contributed by atoms with Crippen LogP contribution in [-0.4, -0.2) is 4.57 Å². The van der Waals surface area contributed by atoms with Gasteiger partial charge in [-0.25, -0.2) is 4.39 Å². The van der Waals surface area contributed by atoms with Gasteiger partial charge in [-0.2, -0.15) is 0 Å². The molecule has 0 amide bonds. The van der Waals surface area contributed by atoms with E-state index in [1.165, 1.54) is 16.7 Å². The third-order valence-electron chi connectivity index (χ3n) is 2.03. The van der Waals surface area contributed by atoms with E-state index in [1.54, 1.807) is 17.6 Å². The van der Waals surface area contributed by atoms with Gasteiger partial charge in [0.25, 0.3) is 0 Å². The Morgan fingerprint density at radius 2 is 2.27 bits per heavy atom. The van der Waals surface area contributed by atoms with Crippen molar-refractivity contribution in [1.29, 1.82) is 0 Å². The fourth-order valence-corrected chi connectivity index (χ4v) is 2.07. The van der Waals surface area contributed by atoms with Crippen LogP contribution in [0.2, 0.25) is 5.02 Å². The zero-order chi connectivity index (χ0) is 10.8. The Labute approximate surface area is 94.6 Å². The molecule has 2 aromatic rings. The maximum atomic E-state index is 13.4. The quantitative estimate of drug-likeness (QED) is 0.795. The number of aromatic nitrogens is 1. The van der Waals surface area contributed by atoms with E-state index in [0.717, 1.165) is 11.3 Å². The lowest BCUT2D eigenvalue weighted by molar-refractivity contribution is 0.598. The average molecular weight is 244 g/mol. The van der Waals surface area contributed by atoms with Gasteiger partial charge in [0.05, 0.1) is 6.54 Å². The van der Waals surface area contributed by atoms with Crippen molar-refractivity contribution in [1.82, 2.24) is 4.57 Å². The van der Waals surface area contributed by atoms with Crippen LogP contribution in [0, 0.1) is 5.82 Å². The Balaban J connectivity index is 2.40. The van der Waals surface area contributed by atoms with Crippen LogP contribution in [0.15, 0.2) is 34.6 Å². The standard InChI is InChI=1S/C10H7ClFNOS/c11-8-2-1-3-9(12)7(8)6-13-4-5-15-10(13)14/h1-5H,6H2. The minimum atomic E-state index is -0.388. The van der Waals surface area contributed by atoms with E-state index in [9.17, 15) is 9.18 Å². The monoisotopic (exact) mass is 243 g/mol. The summed E-state index contributed by atoms with van der Waals surface area (Å²) in [5.41, 5.74) is 0.347. The molecule has 2 nitrogen and oxygen atoms in total. The lowest BCUT2D eigenvalue weighted by Crippen LogP contribution is -2.13. The van der Waals surface area contributed by atoms with Gasteiger partial charge in [0, 0.05) is 22.2 Å². The van der Waals surface area contributed by atoms with E-state index in [1.807, 2.05) is 0 Å². The van der Waals surface area contributed by atoms with Gasteiger partial charge < -0.3 is 4.57 Å². The molecule has 0 saturated heterocycles. The number of thiazole rings is 1. The zero-order valence-corrected chi connectivity index (χ0v) is 9.19. The Kier molecular flexibility index (Phi) is 2.88. The highest BCUT2D eigenvalue weighted by molar-refractivity contribution is 7.07. The molecule has 2 rings (SSSR count). The van der Waals surface area contributed by atoms with Crippen LogP contribution in [0.3, 0.4) is 0 Å². The average Bonchev–Trinajstić information content (AvgIpc) is 2.58. The third kappa shape index (κ3) is 2.11. The Morgan fingerprint density at radius 1 is 1.47 bits per heavy atom. The lowest BCUT2D eigenvalue weighted by atomic mass is 10.2. The minimum absolute atomic E-state index is 0.116. The van der Waals surface area contributed by atoms with Gasteiger partial charge >= 0.3 is 4.87 Å². The van der Waals surface area contributed by atoms with Crippen molar-refractivity contribution in [3.63, 3.8) is 0 Å².